The zero-order valence-corrected chi connectivity index (χ0v) is 32.1. The highest BCUT2D eigenvalue weighted by Crippen LogP contribution is 2.51. The minimum Gasteiger partial charge on any atom is -0.383 e. The molecule has 58 heavy (non-hydrogen) atoms. The molecule has 9 rings (SSSR count). The van der Waals surface area contributed by atoms with Crippen molar-refractivity contribution in [2.24, 2.45) is 0 Å². The SMILES string of the molecule is Nc1ncnc2c1c(-c1ccc(C3OC3c3ccccc3)cc1)nn2C1CCN(C(=O)CCCCSc2ccc(F)c3c2C(=O)N(C2CCC(=O)NC2=O)C3=O)CC1. The number of hydrogen-bond acceptors (Lipinski definition) is 11. The van der Waals surface area contributed by atoms with Gasteiger partial charge in [0.25, 0.3) is 11.8 Å². The lowest BCUT2D eigenvalue weighted by molar-refractivity contribution is -0.136. The second-order valence-electron chi connectivity index (χ2n) is 14.9. The van der Waals surface area contributed by atoms with E-state index in [0.717, 1.165) is 27.7 Å². The molecule has 3 atom stereocenters. The monoisotopic (exact) mass is 802 g/mol. The average molecular weight is 803 g/mol. The van der Waals surface area contributed by atoms with Crippen LogP contribution in [-0.4, -0.2) is 84.0 Å². The number of anilines is 1. The van der Waals surface area contributed by atoms with Crippen LogP contribution in [0.4, 0.5) is 10.2 Å². The first-order valence-corrected chi connectivity index (χ1v) is 20.4. The van der Waals surface area contributed by atoms with Crippen molar-refractivity contribution in [3.8, 4) is 11.3 Å². The number of carbonyl (C=O) groups excluding carboxylic acids is 5. The Kier molecular flexibility index (Phi) is 9.97. The molecule has 3 N–H and O–H groups in total. The van der Waals surface area contributed by atoms with Crippen LogP contribution in [0.25, 0.3) is 22.3 Å². The maximum atomic E-state index is 14.8. The zero-order chi connectivity index (χ0) is 40.1. The quantitative estimate of drug-likeness (QED) is 0.0738. The van der Waals surface area contributed by atoms with Crippen LogP contribution in [-0.2, 0) is 19.1 Å². The van der Waals surface area contributed by atoms with Crippen molar-refractivity contribution >= 4 is 58.1 Å². The number of epoxide rings is 1. The predicted octanol–water partition coefficient (Wildman–Crippen LogP) is 5.55. The van der Waals surface area contributed by atoms with Gasteiger partial charge in [-0.25, -0.2) is 19.0 Å². The Morgan fingerprint density at radius 1 is 0.879 bits per heavy atom. The number of amides is 5. The second-order valence-corrected chi connectivity index (χ2v) is 16.1. The van der Waals surface area contributed by atoms with Gasteiger partial charge in [-0.1, -0.05) is 54.6 Å². The summed E-state index contributed by atoms with van der Waals surface area (Å²) >= 11 is 1.30. The number of imide groups is 2. The van der Waals surface area contributed by atoms with Crippen molar-refractivity contribution in [1.82, 2.24) is 34.9 Å². The van der Waals surface area contributed by atoms with E-state index in [-0.39, 0.29) is 48.1 Å². The Morgan fingerprint density at radius 2 is 1.60 bits per heavy atom. The highest BCUT2D eigenvalue weighted by atomic mass is 32.2. The molecule has 14 nitrogen and oxygen atoms in total. The predicted molar refractivity (Wildman–Crippen MR) is 211 cm³/mol. The molecule has 0 aliphatic carbocycles. The fourth-order valence-corrected chi connectivity index (χ4v) is 9.33. The first kappa shape index (κ1) is 37.6. The van der Waals surface area contributed by atoms with Crippen LogP contribution >= 0.6 is 11.8 Å². The summed E-state index contributed by atoms with van der Waals surface area (Å²) in [5.41, 5.74) is 10.5. The van der Waals surface area contributed by atoms with Crippen LogP contribution in [0.2, 0.25) is 0 Å². The highest BCUT2D eigenvalue weighted by Gasteiger charge is 2.47. The van der Waals surface area contributed by atoms with Gasteiger partial charge in [0.05, 0.1) is 22.6 Å². The number of unbranched alkanes of at least 4 members (excludes halogenated alkanes) is 1. The topological polar surface area (TPSA) is 186 Å². The molecular formula is C42H39FN8O6S. The number of benzene rings is 3. The van der Waals surface area contributed by atoms with E-state index in [0.29, 0.717) is 78.4 Å². The van der Waals surface area contributed by atoms with Crippen LogP contribution in [0.5, 0.6) is 0 Å². The number of nitrogens with one attached hydrogen (secondary N) is 1. The average Bonchev–Trinajstić information content (AvgIpc) is 3.87. The van der Waals surface area contributed by atoms with Crippen LogP contribution in [0.3, 0.4) is 0 Å². The Balaban J connectivity index is 0.788. The number of rotatable bonds is 11. The second kappa shape index (κ2) is 15.4. The van der Waals surface area contributed by atoms with Crippen molar-refractivity contribution in [2.45, 2.75) is 74.1 Å². The summed E-state index contributed by atoms with van der Waals surface area (Å²) in [6.45, 7) is 1.13. The van der Waals surface area contributed by atoms with Crippen molar-refractivity contribution in [2.75, 3.05) is 24.6 Å². The number of ether oxygens (including phenoxy) is 1. The minimum absolute atomic E-state index is 0.00899. The largest absolute Gasteiger partial charge is 0.383 e. The summed E-state index contributed by atoms with van der Waals surface area (Å²) in [6.07, 6.45) is 4.45. The molecule has 0 spiro atoms. The summed E-state index contributed by atoms with van der Waals surface area (Å²) in [6, 6.07) is 19.8. The number of piperidine rings is 2. The lowest BCUT2D eigenvalue weighted by Gasteiger charge is -2.32. The molecule has 6 heterocycles. The number of hydrogen-bond donors (Lipinski definition) is 2. The standard InChI is InChI=1S/C42H39FN8O6S/c43-27-13-15-29(33-32(27)41(55)50(42(33)56)28-14-16-30(52)47-40(28)54)58-21-5-4-8-31(53)49-19-17-26(18-20-49)51-39-34(38(44)45-22-46-39)35(48-51)23-9-11-25(12-10-23)37-36(57-37)24-6-2-1-3-7-24/h1-3,6-7,9-13,15,22,26,28,36-37H,4-5,8,14,16-21H2,(H2,44,45,46)(H,47,52,54). The van der Waals surface area contributed by atoms with Gasteiger partial charge in [0, 0.05) is 36.4 Å². The van der Waals surface area contributed by atoms with E-state index in [1.54, 1.807) is 0 Å². The molecule has 3 aromatic carbocycles. The molecule has 0 bridgehead atoms. The third kappa shape index (κ3) is 6.89. The van der Waals surface area contributed by atoms with Gasteiger partial charge in [0.1, 0.15) is 41.9 Å². The van der Waals surface area contributed by atoms with E-state index >= 15 is 0 Å². The molecule has 0 saturated carbocycles. The molecule has 0 radical (unpaired) electrons. The Labute approximate surface area is 336 Å². The maximum Gasteiger partial charge on any atom is 0.265 e. The number of fused-ring (bicyclic) bond motifs is 2. The van der Waals surface area contributed by atoms with E-state index in [1.807, 2.05) is 39.9 Å². The molecule has 2 aromatic heterocycles. The zero-order valence-electron chi connectivity index (χ0n) is 31.3. The minimum atomic E-state index is -1.18. The molecule has 3 unspecified atom stereocenters. The molecule has 296 valence electrons. The van der Waals surface area contributed by atoms with Gasteiger partial charge in [-0.3, -0.25) is 34.2 Å². The van der Waals surface area contributed by atoms with E-state index in [9.17, 15) is 28.4 Å². The van der Waals surface area contributed by atoms with Crippen molar-refractivity contribution in [3.05, 3.63) is 101 Å². The summed E-state index contributed by atoms with van der Waals surface area (Å²) in [5.74, 6) is -2.77. The number of halogens is 1. The lowest BCUT2D eigenvalue weighted by Crippen LogP contribution is -2.54. The highest BCUT2D eigenvalue weighted by molar-refractivity contribution is 7.99. The lowest BCUT2D eigenvalue weighted by atomic mass is 10.0. The summed E-state index contributed by atoms with van der Waals surface area (Å²) < 4.78 is 22.8. The van der Waals surface area contributed by atoms with Gasteiger partial charge in [-0.15, -0.1) is 11.8 Å². The molecule has 3 saturated heterocycles. The number of likely N-dealkylation sites (tertiary alicyclic amines) is 1. The molecule has 5 aromatic rings. The summed E-state index contributed by atoms with van der Waals surface area (Å²) in [4.78, 5) is 75.8. The Bertz CT molecular complexity index is 2470. The van der Waals surface area contributed by atoms with Crippen molar-refractivity contribution in [3.63, 3.8) is 0 Å². The van der Waals surface area contributed by atoms with Crippen LogP contribution in [0.1, 0.15) is 95.0 Å². The summed E-state index contributed by atoms with van der Waals surface area (Å²) in [5, 5.41) is 7.88. The van der Waals surface area contributed by atoms with E-state index in [1.165, 1.54) is 24.2 Å². The first-order chi connectivity index (χ1) is 28.2. The molecular weight excluding hydrogens is 764 g/mol. The number of nitrogen functional groups attached to an aromatic ring is 1. The fraction of sp³-hybridized carbons (Fsp3) is 0.333. The Morgan fingerprint density at radius 3 is 2.34 bits per heavy atom. The number of nitrogens with two attached hydrogens (primary N) is 1. The van der Waals surface area contributed by atoms with Gasteiger partial charge in [0.15, 0.2) is 5.65 Å². The van der Waals surface area contributed by atoms with Gasteiger partial charge in [-0.2, -0.15) is 5.10 Å². The fourth-order valence-electron chi connectivity index (χ4n) is 8.27. The van der Waals surface area contributed by atoms with Gasteiger partial charge < -0.3 is 15.4 Å². The first-order valence-electron chi connectivity index (χ1n) is 19.4. The molecule has 4 aliphatic rings. The number of thioether (sulfide) groups is 1. The van der Waals surface area contributed by atoms with E-state index in [2.05, 4.69) is 39.6 Å². The van der Waals surface area contributed by atoms with E-state index < -0.39 is 35.5 Å². The number of aromatic nitrogens is 4. The van der Waals surface area contributed by atoms with Gasteiger partial charge >= 0.3 is 0 Å². The number of nitrogens with zero attached hydrogens (tertiary/aromatic N) is 6. The van der Waals surface area contributed by atoms with Gasteiger partial charge in [0.2, 0.25) is 17.7 Å². The Hall–Kier alpha value is -6.00. The van der Waals surface area contributed by atoms with E-state index in [4.69, 9.17) is 15.6 Å². The van der Waals surface area contributed by atoms with Crippen molar-refractivity contribution in [1.29, 1.82) is 0 Å². The van der Waals surface area contributed by atoms with Crippen LogP contribution in [0.15, 0.2) is 78.0 Å². The molecule has 16 heteroatoms. The maximum absolute atomic E-state index is 14.8. The van der Waals surface area contributed by atoms with Crippen LogP contribution in [0, 0.1) is 5.82 Å². The smallest absolute Gasteiger partial charge is 0.265 e. The third-order valence-electron chi connectivity index (χ3n) is 11.4. The van der Waals surface area contributed by atoms with Crippen molar-refractivity contribution < 1.29 is 33.1 Å². The molecule has 4 aliphatic heterocycles. The third-order valence-corrected chi connectivity index (χ3v) is 12.5. The molecule has 3 fully saturated rings. The van der Waals surface area contributed by atoms with Gasteiger partial charge in [-0.05, 0) is 61.1 Å². The summed E-state index contributed by atoms with van der Waals surface area (Å²) in [7, 11) is 0. The number of carbonyl (C=O) groups is 5. The van der Waals surface area contributed by atoms with Crippen LogP contribution < -0.4 is 11.1 Å². The molecule has 5 amide bonds. The normalized spacial score (nSPS) is 20.8.